The first-order valence-electron chi connectivity index (χ1n) is 9.56. The van der Waals surface area contributed by atoms with E-state index in [-0.39, 0.29) is 31.0 Å². The molecule has 1 aliphatic carbocycles. The van der Waals surface area contributed by atoms with Gasteiger partial charge < -0.3 is 20.1 Å². The summed E-state index contributed by atoms with van der Waals surface area (Å²) in [6.07, 6.45) is 1.24. The maximum absolute atomic E-state index is 12.4. The Balaban J connectivity index is 2.31. The SMILES string of the molecule is CCOC(=O)N1CC=C2C(C#N)=C(N)C(C#N)(C#N)[C@H](c3cc(Br)ccc3OC)[C@H]2C1. The van der Waals surface area contributed by atoms with Crippen molar-refractivity contribution in [1.29, 1.82) is 15.8 Å². The van der Waals surface area contributed by atoms with Crippen molar-refractivity contribution in [3.63, 3.8) is 0 Å². The molecule has 0 saturated carbocycles. The van der Waals surface area contributed by atoms with Crippen LogP contribution in [-0.4, -0.2) is 37.8 Å². The van der Waals surface area contributed by atoms with Crippen LogP contribution in [0.2, 0.25) is 0 Å². The van der Waals surface area contributed by atoms with Gasteiger partial charge in [-0.1, -0.05) is 22.0 Å². The van der Waals surface area contributed by atoms with Crippen molar-refractivity contribution in [2.24, 2.45) is 17.1 Å². The Morgan fingerprint density at radius 3 is 2.65 bits per heavy atom. The number of amides is 1. The highest BCUT2D eigenvalue weighted by Gasteiger charge is 2.55. The van der Waals surface area contributed by atoms with Gasteiger partial charge in [0.1, 0.15) is 11.8 Å². The number of nitriles is 3. The van der Waals surface area contributed by atoms with E-state index < -0.39 is 23.3 Å². The second kappa shape index (κ2) is 8.71. The van der Waals surface area contributed by atoms with Crippen molar-refractivity contribution in [3.8, 4) is 24.0 Å². The summed E-state index contributed by atoms with van der Waals surface area (Å²) in [4.78, 5) is 13.9. The molecule has 1 aromatic carbocycles. The minimum atomic E-state index is -1.82. The lowest BCUT2D eigenvalue weighted by Gasteiger charge is -2.45. The van der Waals surface area contributed by atoms with E-state index in [9.17, 15) is 20.6 Å². The summed E-state index contributed by atoms with van der Waals surface area (Å²) in [6.45, 7) is 2.33. The first-order chi connectivity index (χ1) is 14.9. The summed E-state index contributed by atoms with van der Waals surface area (Å²) in [6, 6.07) is 11.5. The maximum Gasteiger partial charge on any atom is 0.410 e. The Morgan fingerprint density at radius 2 is 2.06 bits per heavy atom. The summed E-state index contributed by atoms with van der Waals surface area (Å²) in [5.74, 6) is -0.845. The molecular weight excluding hydrogens is 462 g/mol. The van der Waals surface area contributed by atoms with Crippen LogP contribution in [0.25, 0.3) is 0 Å². The van der Waals surface area contributed by atoms with Gasteiger partial charge in [0, 0.05) is 35.0 Å². The topological polar surface area (TPSA) is 136 Å². The van der Waals surface area contributed by atoms with Crippen LogP contribution in [0.1, 0.15) is 18.4 Å². The Bertz CT molecular complexity index is 1090. The van der Waals surface area contributed by atoms with Crippen LogP contribution in [-0.2, 0) is 4.74 Å². The highest BCUT2D eigenvalue weighted by Crippen LogP contribution is 2.56. The fourth-order valence-electron chi connectivity index (χ4n) is 4.34. The van der Waals surface area contributed by atoms with Crippen molar-refractivity contribution < 1.29 is 14.3 Å². The molecule has 8 nitrogen and oxygen atoms in total. The molecule has 0 aromatic heterocycles. The van der Waals surface area contributed by atoms with Gasteiger partial charge in [-0.15, -0.1) is 0 Å². The number of carbonyl (C=O) groups is 1. The van der Waals surface area contributed by atoms with E-state index in [4.69, 9.17) is 15.2 Å². The number of halogens is 1. The van der Waals surface area contributed by atoms with Gasteiger partial charge in [-0.3, -0.25) is 0 Å². The van der Waals surface area contributed by atoms with Crippen LogP contribution in [0.5, 0.6) is 5.75 Å². The zero-order chi connectivity index (χ0) is 22.8. The van der Waals surface area contributed by atoms with E-state index >= 15 is 0 Å². The third-order valence-corrected chi connectivity index (χ3v) is 6.21. The molecule has 0 spiro atoms. The molecule has 1 aromatic rings. The number of nitrogens with zero attached hydrogens (tertiary/aromatic N) is 4. The predicted octanol–water partition coefficient (Wildman–Crippen LogP) is 3.34. The number of benzene rings is 1. The Hall–Kier alpha value is -3.48. The molecule has 158 valence electrons. The molecule has 31 heavy (non-hydrogen) atoms. The zero-order valence-corrected chi connectivity index (χ0v) is 18.6. The van der Waals surface area contributed by atoms with E-state index in [0.29, 0.717) is 16.9 Å². The molecule has 0 fully saturated rings. The summed E-state index contributed by atoms with van der Waals surface area (Å²) in [7, 11) is 1.50. The first kappa shape index (κ1) is 22.2. The van der Waals surface area contributed by atoms with Crippen molar-refractivity contribution in [2.75, 3.05) is 26.8 Å². The summed E-state index contributed by atoms with van der Waals surface area (Å²) in [5, 5.41) is 30.1. The molecule has 3 rings (SSSR count). The van der Waals surface area contributed by atoms with E-state index in [0.717, 1.165) is 4.47 Å². The average Bonchev–Trinajstić information content (AvgIpc) is 2.78. The largest absolute Gasteiger partial charge is 0.496 e. The van der Waals surface area contributed by atoms with Crippen LogP contribution < -0.4 is 10.5 Å². The molecular formula is C22H20BrN5O3. The van der Waals surface area contributed by atoms with Crippen LogP contribution in [0, 0.1) is 45.3 Å². The third-order valence-electron chi connectivity index (χ3n) is 5.72. The van der Waals surface area contributed by atoms with Crippen molar-refractivity contribution in [3.05, 3.63) is 51.2 Å². The number of hydrogen-bond acceptors (Lipinski definition) is 7. The van der Waals surface area contributed by atoms with Gasteiger partial charge >= 0.3 is 6.09 Å². The molecule has 0 unspecified atom stereocenters. The number of fused-ring (bicyclic) bond motifs is 1. The van der Waals surface area contributed by atoms with E-state index in [1.165, 1.54) is 12.0 Å². The lowest BCUT2D eigenvalue weighted by molar-refractivity contribution is 0.0998. The number of carbonyl (C=O) groups excluding carboxylic acids is 1. The quantitative estimate of drug-likeness (QED) is 0.698. The number of ether oxygens (including phenoxy) is 2. The van der Waals surface area contributed by atoms with E-state index in [2.05, 4.69) is 34.1 Å². The molecule has 9 heteroatoms. The highest BCUT2D eigenvalue weighted by atomic mass is 79.9. The lowest BCUT2D eigenvalue weighted by atomic mass is 9.58. The number of methoxy groups -OCH3 is 1. The first-order valence-corrected chi connectivity index (χ1v) is 10.4. The standard InChI is InChI=1S/C22H20BrN5O3/c1-3-31-21(29)28-7-6-14-16(9-24)20(27)22(11-25,12-26)19(17(14)10-28)15-8-13(23)4-5-18(15)30-2/h4-6,8,17,19H,3,7,10,27H2,1-2H3/t17-,19+/m0/s1. The monoisotopic (exact) mass is 481 g/mol. The van der Waals surface area contributed by atoms with Gasteiger partial charge in [-0.2, -0.15) is 15.8 Å². The van der Waals surface area contributed by atoms with Crippen molar-refractivity contribution in [2.45, 2.75) is 12.8 Å². The van der Waals surface area contributed by atoms with E-state index in [1.807, 2.05) is 0 Å². The highest BCUT2D eigenvalue weighted by molar-refractivity contribution is 9.10. The Labute approximate surface area is 188 Å². The molecule has 1 amide bonds. The van der Waals surface area contributed by atoms with Gasteiger partial charge in [0.05, 0.1) is 37.1 Å². The molecule has 0 bridgehead atoms. The smallest absolute Gasteiger partial charge is 0.410 e. The zero-order valence-electron chi connectivity index (χ0n) is 17.1. The molecule has 1 aliphatic heterocycles. The second-order valence-electron chi connectivity index (χ2n) is 7.17. The fourth-order valence-corrected chi connectivity index (χ4v) is 4.71. The second-order valence-corrected chi connectivity index (χ2v) is 8.08. The average molecular weight is 482 g/mol. The normalized spacial score (nSPS) is 21.7. The van der Waals surface area contributed by atoms with Crippen molar-refractivity contribution >= 4 is 22.0 Å². The molecule has 2 atom stereocenters. The molecule has 0 saturated heterocycles. The van der Waals surface area contributed by atoms with Gasteiger partial charge in [0.25, 0.3) is 0 Å². The molecule has 1 heterocycles. The number of nitrogens with two attached hydrogens (primary N) is 1. The number of allylic oxidation sites excluding steroid dienone is 2. The maximum atomic E-state index is 12.4. The van der Waals surface area contributed by atoms with E-state index in [1.54, 1.807) is 31.2 Å². The van der Waals surface area contributed by atoms with Crippen LogP contribution in [0.3, 0.4) is 0 Å². The minimum Gasteiger partial charge on any atom is -0.496 e. The van der Waals surface area contributed by atoms with Crippen LogP contribution in [0.15, 0.2) is 45.6 Å². The lowest BCUT2D eigenvalue weighted by Crippen LogP contribution is -2.49. The summed E-state index contributed by atoms with van der Waals surface area (Å²) in [5.41, 5.74) is 5.72. The van der Waals surface area contributed by atoms with Gasteiger partial charge in [0.15, 0.2) is 5.41 Å². The van der Waals surface area contributed by atoms with Gasteiger partial charge in [0.2, 0.25) is 0 Å². The van der Waals surface area contributed by atoms with Gasteiger partial charge in [-0.05, 0) is 30.7 Å². The number of rotatable bonds is 3. The Morgan fingerprint density at radius 1 is 1.35 bits per heavy atom. The number of hydrogen-bond donors (Lipinski definition) is 1. The third kappa shape index (κ3) is 3.50. The summed E-state index contributed by atoms with van der Waals surface area (Å²) >= 11 is 3.44. The van der Waals surface area contributed by atoms with Gasteiger partial charge in [-0.25, -0.2) is 4.79 Å². The van der Waals surface area contributed by atoms with Crippen LogP contribution in [0.4, 0.5) is 4.79 Å². The molecule has 0 radical (unpaired) electrons. The Kier molecular flexibility index (Phi) is 6.24. The predicted molar refractivity (Wildman–Crippen MR) is 114 cm³/mol. The molecule has 2 aliphatic rings. The fraction of sp³-hybridized carbons (Fsp3) is 0.364. The van der Waals surface area contributed by atoms with Crippen molar-refractivity contribution in [1.82, 2.24) is 4.90 Å². The summed E-state index contributed by atoms with van der Waals surface area (Å²) < 4.78 is 11.4. The van der Waals surface area contributed by atoms with Crippen LogP contribution >= 0.6 is 15.9 Å². The molecule has 2 N–H and O–H groups in total. The minimum absolute atomic E-state index is 0.0842.